The van der Waals surface area contributed by atoms with Gasteiger partial charge in [-0.3, -0.25) is 9.48 Å². The molecule has 0 aliphatic carbocycles. The minimum absolute atomic E-state index is 0.00206. The predicted molar refractivity (Wildman–Crippen MR) is 121 cm³/mol. The van der Waals surface area contributed by atoms with Crippen LogP contribution >= 0.6 is 0 Å². The van der Waals surface area contributed by atoms with Crippen molar-refractivity contribution in [1.29, 1.82) is 0 Å². The van der Waals surface area contributed by atoms with Gasteiger partial charge in [0.15, 0.2) is 17.5 Å². The first-order chi connectivity index (χ1) is 17.4. The molecule has 13 heteroatoms. The molecule has 1 atom stereocenters. The van der Waals surface area contributed by atoms with Gasteiger partial charge in [0.25, 0.3) is 0 Å². The number of benzene rings is 1. The largest absolute Gasteiger partial charge is 0.481 e. The monoisotopic (exact) mass is 498 g/mol. The van der Waals surface area contributed by atoms with Crippen LogP contribution in [-0.4, -0.2) is 55.1 Å². The lowest BCUT2D eigenvalue weighted by Crippen LogP contribution is -2.32. The van der Waals surface area contributed by atoms with Gasteiger partial charge in [-0.25, -0.2) is 23.5 Å². The Labute approximate surface area is 202 Å². The van der Waals surface area contributed by atoms with Gasteiger partial charge in [-0.05, 0) is 18.6 Å². The second kappa shape index (κ2) is 10.7. The van der Waals surface area contributed by atoms with Crippen LogP contribution in [0.1, 0.15) is 18.4 Å². The number of anilines is 1. The Balaban J connectivity index is 1.69. The summed E-state index contributed by atoms with van der Waals surface area (Å²) in [6.45, 7) is 0.0563. The van der Waals surface area contributed by atoms with Gasteiger partial charge in [0.1, 0.15) is 29.5 Å². The van der Waals surface area contributed by atoms with Crippen molar-refractivity contribution in [2.45, 2.75) is 25.4 Å². The van der Waals surface area contributed by atoms with Crippen molar-refractivity contribution in [3.05, 3.63) is 66.1 Å². The molecule has 4 rings (SSSR count). The minimum atomic E-state index is -1.16. The van der Waals surface area contributed by atoms with E-state index >= 15 is 0 Å². The molecule has 0 saturated heterocycles. The van der Waals surface area contributed by atoms with E-state index in [9.17, 15) is 18.4 Å². The highest BCUT2D eigenvalue weighted by atomic mass is 19.1. The number of esters is 1. The number of methoxy groups -OCH3 is 1. The maximum Gasteiger partial charge on any atom is 0.328 e. The number of carboxylic acid groups (broad SMARTS) is 1. The van der Waals surface area contributed by atoms with Gasteiger partial charge < -0.3 is 19.7 Å². The van der Waals surface area contributed by atoms with Crippen molar-refractivity contribution >= 4 is 17.8 Å². The van der Waals surface area contributed by atoms with E-state index in [2.05, 4.69) is 30.3 Å². The molecule has 3 aromatic heterocycles. The summed E-state index contributed by atoms with van der Waals surface area (Å²) in [4.78, 5) is 31.1. The number of hydrogen-bond acceptors (Lipinski definition) is 9. The third-order valence-electron chi connectivity index (χ3n) is 5.17. The number of nitrogens with zero attached hydrogens (tertiary/aromatic N) is 5. The smallest absolute Gasteiger partial charge is 0.328 e. The molecule has 4 aromatic rings. The van der Waals surface area contributed by atoms with Crippen LogP contribution in [0.3, 0.4) is 0 Å². The summed E-state index contributed by atoms with van der Waals surface area (Å²) in [5.41, 5.74) is 1.48. The van der Waals surface area contributed by atoms with Crippen LogP contribution in [0.4, 0.5) is 14.6 Å². The maximum absolute atomic E-state index is 14.5. The van der Waals surface area contributed by atoms with E-state index in [1.165, 1.54) is 17.0 Å². The first-order valence-electron chi connectivity index (χ1n) is 10.7. The molecule has 36 heavy (non-hydrogen) atoms. The number of halogens is 2. The molecule has 2 N–H and O–H groups in total. The number of aromatic nitrogens is 5. The zero-order chi connectivity index (χ0) is 25.7. The minimum Gasteiger partial charge on any atom is -0.481 e. The van der Waals surface area contributed by atoms with Gasteiger partial charge in [-0.2, -0.15) is 5.10 Å². The lowest BCUT2D eigenvalue weighted by molar-refractivity contribution is -0.142. The molecule has 0 amide bonds. The van der Waals surface area contributed by atoms with Crippen LogP contribution in [0, 0.1) is 11.6 Å². The zero-order valence-electron chi connectivity index (χ0n) is 18.9. The summed E-state index contributed by atoms with van der Waals surface area (Å²) in [5, 5.41) is 19.9. The highest BCUT2D eigenvalue weighted by Gasteiger charge is 2.24. The first kappa shape index (κ1) is 24.4. The van der Waals surface area contributed by atoms with Crippen LogP contribution < -0.4 is 5.32 Å². The molecule has 1 unspecified atom stereocenters. The molecule has 0 spiro atoms. The number of carbonyl (C=O) groups is 2. The summed E-state index contributed by atoms with van der Waals surface area (Å²) in [7, 11) is 1.13. The Morgan fingerprint density at radius 2 is 2.00 bits per heavy atom. The molecular formula is C23H20F2N6O5. The topological polar surface area (TPSA) is 145 Å². The SMILES string of the molecule is COC(=O)C(CCC(=O)O)Nc1nc(-c2cc(-c3ccon3)n(Cc3ccccc3F)n2)ncc1F. The molecule has 1 aromatic carbocycles. The van der Waals surface area contributed by atoms with Gasteiger partial charge in [-0.15, -0.1) is 0 Å². The number of nitrogens with one attached hydrogen (secondary N) is 1. The van der Waals surface area contributed by atoms with Crippen molar-refractivity contribution in [1.82, 2.24) is 24.9 Å². The van der Waals surface area contributed by atoms with Crippen molar-refractivity contribution in [3.8, 4) is 22.9 Å². The van der Waals surface area contributed by atoms with Crippen molar-refractivity contribution < 1.29 is 32.7 Å². The molecule has 0 saturated carbocycles. The van der Waals surface area contributed by atoms with Gasteiger partial charge in [-0.1, -0.05) is 23.4 Å². The fraction of sp³-hybridized carbons (Fsp3) is 0.217. The van der Waals surface area contributed by atoms with E-state index in [0.29, 0.717) is 17.0 Å². The number of hydrogen-bond donors (Lipinski definition) is 2. The average Bonchev–Trinajstić information content (AvgIpc) is 3.54. The number of carbonyl (C=O) groups excluding carboxylic acids is 1. The Morgan fingerprint density at radius 3 is 2.69 bits per heavy atom. The van der Waals surface area contributed by atoms with Crippen LogP contribution in [-0.2, 0) is 20.9 Å². The number of ether oxygens (including phenoxy) is 1. The molecule has 186 valence electrons. The van der Waals surface area contributed by atoms with Crippen LogP contribution in [0.25, 0.3) is 22.9 Å². The number of aliphatic carboxylic acids is 1. The second-order valence-electron chi connectivity index (χ2n) is 7.59. The molecular weight excluding hydrogens is 478 g/mol. The Kier molecular flexibility index (Phi) is 7.28. The van der Waals surface area contributed by atoms with Gasteiger partial charge in [0.05, 0.1) is 25.5 Å². The lowest BCUT2D eigenvalue weighted by atomic mass is 10.1. The molecule has 0 fully saturated rings. The van der Waals surface area contributed by atoms with Gasteiger partial charge >= 0.3 is 11.9 Å². The van der Waals surface area contributed by atoms with Gasteiger partial charge in [0.2, 0.25) is 0 Å². The molecule has 11 nitrogen and oxygen atoms in total. The van der Waals surface area contributed by atoms with E-state index in [4.69, 9.17) is 9.63 Å². The summed E-state index contributed by atoms with van der Waals surface area (Å²) in [5.74, 6) is -3.54. The Bertz CT molecular complexity index is 1380. The average molecular weight is 498 g/mol. The first-order valence-corrected chi connectivity index (χ1v) is 10.7. The third-order valence-corrected chi connectivity index (χ3v) is 5.17. The predicted octanol–water partition coefficient (Wildman–Crippen LogP) is 3.14. The molecule has 0 bridgehead atoms. The molecule has 3 heterocycles. The highest BCUT2D eigenvalue weighted by molar-refractivity contribution is 5.80. The summed E-state index contributed by atoms with van der Waals surface area (Å²) in [6.07, 6.45) is 1.75. The van der Waals surface area contributed by atoms with E-state index in [-0.39, 0.29) is 36.7 Å². The normalized spacial score (nSPS) is 11.8. The van der Waals surface area contributed by atoms with Crippen LogP contribution in [0.2, 0.25) is 0 Å². The standard InChI is InChI=1S/C23H20F2N6O5/c1-35-23(34)17(6-7-20(32)33)27-21-15(25)11-26-22(28-21)18-10-19(16-8-9-36-30-16)31(29-18)12-13-4-2-3-5-14(13)24/h2-5,8-11,17H,6-7,12H2,1H3,(H,32,33)(H,26,27,28). The van der Waals surface area contributed by atoms with E-state index in [1.807, 2.05) is 0 Å². The zero-order valence-corrected chi connectivity index (χ0v) is 18.9. The molecule has 0 radical (unpaired) electrons. The van der Waals surface area contributed by atoms with E-state index in [0.717, 1.165) is 13.3 Å². The van der Waals surface area contributed by atoms with E-state index < -0.39 is 29.6 Å². The Hall–Kier alpha value is -4.68. The summed E-state index contributed by atoms with van der Waals surface area (Å²) in [6, 6.07) is 8.24. The van der Waals surface area contributed by atoms with Gasteiger partial charge in [0, 0.05) is 18.1 Å². The number of carboxylic acids is 1. The fourth-order valence-corrected chi connectivity index (χ4v) is 3.40. The fourth-order valence-electron chi connectivity index (χ4n) is 3.40. The quantitative estimate of drug-likeness (QED) is 0.313. The van der Waals surface area contributed by atoms with Crippen LogP contribution in [0.5, 0.6) is 0 Å². The summed E-state index contributed by atoms with van der Waals surface area (Å²) >= 11 is 0. The Morgan fingerprint density at radius 1 is 1.19 bits per heavy atom. The van der Waals surface area contributed by atoms with Crippen LogP contribution in [0.15, 0.2) is 53.4 Å². The van der Waals surface area contributed by atoms with Crippen molar-refractivity contribution in [3.63, 3.8) is 0 Å². The third kappa shape index (κ3) is 5.51. The molecule has 0 aliphatic heterocycles. The lowest BCUT2D eigenvalue weighted by Gasteiger charge is -2.16. The van der Waals surface area contributed by atoms with E-state index in [1.54, 1.807) is 30.3 Å². The second-order valence-corrected chi connectivity index (χ2v) is 7.59. The maximum atomic E-state index is 14.5. The highest BCUT2D eigenvalue weighted by Crippen LogP contribution is 2.26. The van der Waals surface area contributed by atoms with Crippen molar-refractivity contribution in [2.75, 3.05) is 12.4 Å². The molecule has 0 aliphatic rings. The van der Waals surface area contributed by atoms with Crippen molar-refractivity contribution in [2.24, 2.45) is 0 Å². The number of rotatable bonds is 10. The summed E-state index contributed by atoms with van der Waals surface area (Å²) < 4.78 is 39.9.